The van der Waals surface area contributed by atoms with Crippen LogP contribution in [0.3, 0.4) is 0 Å². The van der Waals surface area contributed by atoms with Gasteiger partial charge in [0, 0.05) is 67.3 Å². The van der Waals surface area contributed by atoms with Crippen LogP contribution in [0, 0.1) is 0 Å². The molecule has 2 aromatic rings. The van der Waals surface area contributed by atoms with E-state index >= 15 is 0 Å². The lowest BCUT2D eigenvalue weighted by atomic mass is 10.0. The number of aliphatic hydroxyl groups is 1. The Morgan fingerprint density at radius 1 is 0.691 bits per heavy atom. The van der Waals surface area contributed by atoms with E-state index in [-0.39, 0.29) is 69.0 Å². The maximum absolute atomic E-state index is 14.6. The van der Waals surface area contributed by atoms with Gasteiger partial charge in [0.2, 0.25) is 82.7 Å². The van der Waals surface area contributed by atoms with E-state index in [1.807, 2.05) is 0 Å². The number of aliphatic imine (C=N–C) groups is 1. The number of carboxylic acids is 1. The van der Waals surface area contributed by atoms with E-state index in [2.05, 4.69) is 73.4 Å². The number of aliphatic hydroxyl groups excluding tert-OH is 1. The molecule has 1 aromatic heterocycles. The second-order valence-corrected chi connectivity index (χ2v) is 27.4. The summed E-state index contributed by atoms with van der Waals surface area (Å²) in [6.07, 6.45) is 0.138. The highest BCUT2D eigenvalue weighted by Crippen LogP contribution is 2.26. The number of guanidine groups is 1. The monoisotopic (exact) mass is 1440 g/mol. The van der Waals surface area contributed by atoms with Gasteiger partial charge in [-0.15, -0.1) is 0 Å². The number of fused-ring (bicyclic) bond motifs is 9. The van der Waals surface area contributed by atoms with Crippen molar-refractivity contribution in [3.8, 4) is 5.75 Å². The number of nitrogens with zero attached hydrogens (tertiary/aromatic N) is 3. The number of hydrogen-bond donors (Lipinski definition) is 20. The Morgan fingerprint density at radius 2 is 1.29 bits per heavy atom. The SMILES string of the molecule is C[C@@H]1NC(=O)[C@@H]2CCCN2C(=O)[C@H](CC(N)=O)NC(=O)[C@@H]2CSSC[C@@H](C(N)=O)NC(=O)[C@H](CO)NC(=O)[C@H](Cc3ccc(O)cc3)NC(=O)[C@H](Cc3cnc[nH]3)NC(=O)[C@H](CCCN=C(N)N)NC(=O)CNC(=O)[C@H](CSSC[C@H](NC(=O)[C@@H](N)CCC(=O)O)C(=O)N2)NC1=O. The Kier molecular flexibility index (Phi) is 31.7. The molecule has 1 aromatic carbocycles. The highest BCUT2D eigenvalue weighted by atomic mass is 33.1. The van der Waals surface area contributed by atoms with Crippen molar-refractivity contribution in [2.45, 2.75) is 137 Å². The highest BCUT2D eigenvalue weighted by Gasteiger charge is 2.41. The van der Waals surface area contributed by atoms with Gasteiger partial charge in [-0.2, -0.15) is 0 Å². The highest BCUT2D eigenvalue weighted by molar-refractivity contribution is 8.77. The number of rotatable bonds is 17. The molecule has 2 bridgehead atoms. The largest absolute Gasteiger partial charge is 0.508 e. The van der Waals surface area contributed by atoms with Crippen molar-refractivity contribution < 1.29 is 87.2 Å². The van der Waals surface area contributed by atoms with Crippen LogP contribution in [0.2, 0.25) is 0 Å². The molecule has 3 aliphatic heterocycles. The lowest BCUT2D eigenvalue weighted by Crippen LogP contribution is -2.61. The van der Waals surface area contributed by atoms with E-state index < -0.39 is 217 Å². The average molecular weight is 1440 g/mol. The molecule has 25 N–H and O–H groups in total. The Balaban J connectivity index is 1.62. The first-order valence-electron chi connectivity index (χ1n) is 30.1. The number of aromatic hydroxyl groups is 1. The molecule has 0 spiro atoms. The second-order valence-electron chi connectivity index (χ2n) is 22.3. The number of carbonyl (C=O) groups is 15. The zero-order valence-electron chi connectivity index (χ0n) is 52.2. The van der Waals surface area contributed by atoms with Crippen molar-refractivity contribution in [3.63, 3.8) is 0 Å². The van der Waals surface area contributed by atoms with Crippen LogP contribution in [0.25, 0.3) is 0 Å². The average Bonchev–Trinajstić information content (AvgIpc) is 1.76. The summed E-state index contributed by atoms with van der Waals surface area (Å²) >= 11 is 0. The van der Waals surface area contributed by atoms with Crippen LogP contribution in [0.4, 0.5) is 0 Å². The Morgan fingerprint density at radius 3 is 1.91 bits per heavy atom. The second kappa shape index (κ2) is 39.2. The number of nitrogens with two attached hydrogens (primary N) is 5. The number of phenolic OH excluding ortho intramolecular Hbond substituents is 1. The summed E-state index contributed by atoms with van der Waals surface area (Å²) in [7, 11) is 3.20. The molecule has 3 fully saturated rings. The quantitative estimate of drug-likeness (QED) is 0.0303. The predicted molar refractivity (Wildman–Crippen MR) is 352 cm³/mol. The number of amides is 14. The molecule has 0 aliphatic carbocycles. The van der Waals surface area contributed by atoms with E-state index in [4.69, 9.17) is 28.7 Å². The number of aromatic amines is 1. The van der Waals surface area contributed by atoms with E-state index in [1.165, 1.54) is 43.7 Å². The first kappa shape index (κ1) is 78.6. The summed E-state index contributed by atoms with van der Waals surface area (Å²) in [5.74, 6) is -18.2. The molecular formula is C55H80N20O18S4. The lowest BCUT2D eigenvalue weighted by Gasteiger charge is -2.30. The van der Waals surface area contributed by atoms with Crippen LogP contribution in [-0.2, 0) is 84.8 Å². The number of imidazole rings is 1. The molecule has 4 heterocycles. The third-order valence-electron chi connectivity index (χ3n) is 14.7. The molecule has 0 saturated carbocycles. The predicted octanol–water partition coefficient (Wildman–Crippen LogP) is -8.74. The number of carboxylic acid groups (broad SMARTS) is 1. The number of H-pyrrole nitrogens is 1. The Hall–Kier alpha value is -9.13. The van der Waals surface area contributed by atoms with E-state index in [0.29, 0.717) is 5.56 Å². The van der Waals surface area contributed by atoms with Gasteiger partial charge >= 0.3 is 5.97 Å². The molecule has 14 amide bonds. The number of aliphatic carboxylic acids is 1. The fourth-order valence-electron chi connectivity index (χ4n) is 9.51. The van der Waals surface area contributed by atoms with Gasteiger partial charge in [0.25, 0.3) is 0 Å². The summed E-state index contributed by atoms with van der Waals surface area (Å²) in [5, 5.41) is 57.0. The summed E-state index contributed by atoms with van der Waals surface area (Å²) in [6, 6.07) is -14.0. The van der Waals surface area contributed by atoms with Gasteiger partial charge in [-0.25, -0.2) is 4.98 Å². The number of benzene rings is 1. The van der Waals surface area contributed by atoms with Gasteiger partial charge in [-0.05, 0) is 56.7 Å². The third kappa shape index (κ3) is 26.1. The molecule has 97 heavy (non-hydrogen) atoms. The number of carbonyl (C=O) groups excluding carboxylic acids is 14. The minimum absolute atomic E-state index is 0.0220. The molecule has 0 unspecified atom stereocenters. The van der Waals surface area contributed by atoms with Gasteiger partial charge in [0.1, 0.15) is 72.2 Å². The summed E-state index contributed by atoms with van der Waals surface area (Å²) in [5.41, 5.74) is 29.0. The third-order valence-corrected chi connectivity index (χ3v) is 19.6. The van der Waals surface area contributed by atoms with Crippen LogP contribution < -0.4 is 87.2 Å². The Bertz CT molecular complexity index is 3210. The smallest absolute Gasteiger partial charge is 0.303 e. The molecule has 42 heteroatoms. The van der Waals surface area contributed by atoms with Crippen molar-refractivity contribution in [3.05, 3.63) is 48.0 Å². The van der Waals surface area contributed by atoms with E-state index in [9.17, 15) is 87.2 Å². The fourth-order valence-corrected chi connectivity index (χ4v) is 14.2. The molecule has 0 radical (unpaired) electrons. The fraction of sp³-hybridized carbons (Fsp3) is 0.545. The first-order chi connectivity index (χ1) is 46.0. The number of hydrogen-bond acceptors (Lipinski definition) is 24. The minimum atomic E-state index is -1.87. The number of phenols is 1. The van der Waals surface area contributed by atoms with Crippen LogP contribution in [0.15, 0.2) is 41.8 Å². The summed E-state index contributed by atoms with van der Waals surface area (Å²) in [6.45, 7) is -0.925. The number of primary amides is 2. The first-order valence-corrected chi connectivity index (χ1v) is 35.1. The molecule has 12 atom stereocenters. The lowest BCUT2D eigenvalue weighted by molar-refractivity contribution is -0.143. The molecular weight excluding hydrogens is 1360 g/mol. The molecule has 3 saturated heterocycles. The van der Waals surface area contributed by atoms with Crippen LogP contribution >= 0.6 is 43.2 Å². The number of aromatic nitrogens is 2. The van der Waals surface area contributed by atoms with Gasteiger partial charge in [0.05, 0.1) is 31.9 Å². The van der Waals surface area contributed by atoms with Crippen LogP contribution in [-0.4, -0.2) is 247 Å². The minimum Gasteiger partial charge on any atom is -0.508 e. The van der Waals surface area contributed by atoms with Crippen LogP contribution in [0.1, 0.15) is 63.1 Å². The van der Waals surface area contributed by atoms with Crippen molar-refractivity contribution >= 4 is 138 Å². The van der Waals surface area contributed by atoms with Gasteiger partial charge in [-0.1, -0.05) is 55.3 Å². The molecule has 532 valence electrons. The molecule has 38 nitrogen and oxygen atoms in total. The molecule has 5 rings (SSSR count). The number of nitrogens with one attached hydrogen (secondary N) is 12. The Labute approximate surface area is 569 Å². The van der Waals surface area contributed by atoms with Crippen molar-refractivity contribution in [2.75, 3.05) is 49.3 Å². The summed E-state index contributed by atoms with van der Waals surface area (Å²) in [4.78, 5) is 219. The van der Waals surface area contributed by atoms with Gasteiger partial charge in [0.15, 0.2) is 5.96 Å². The maximum atomic E-state index is 14.6. The van der Waals surface area contributed by atoms with Crippen molar-refractivity contribution in [1.29, 1.82) is 0 Å². The normalized spacial score (nSPS) is 25.8. The topological polar surface area (TPSA) is 623 Å². The van der Waals surface area contributed by atoms with E-state index in [1.54, 1.807) is 0 Å². The zero-order chi connectivity index (χ0) is 71.5. The maximum Gasteiger partial charge on any atom is 0.303 e. The van der Waals surface area contributed by atoms with E-state index in [0.717, 1.165) is 48.1 Å². The van der Waals surface area contributed by atoms with Crippen LogP contribution in [0.5, 0.6) is 5.75 Å². The van der Waals surface area contributed by atoms with Crippen molar-refractivity contribution in [1.82, 2.24) is 73.4 Å². The standard InChI is InChI=1S/C55H80N20O18S4/c1-25-44(83)72-36-21-95-97-22-37(73-45(84)29(56)10-11-42(80)81)52(91)74-38(51(90)69-33(16-40(57)78)54(93)75-13-3-5-39(75)53(92)65-25)23-96-94-20-35(43(58)82)71-50(89)34(19-76)70-48(87)31(14-26-6-8-28(77)9-7-26)67-49(88)32(15-27-17-61-24-64-27)68-47(86)30(4-2-12-62-55(59)60)66-41(79)18-63-46(36)85/h6-9,17,24-25,29-39,76-77H,2-5,10-16,18-23,56H2,1H3,(H2,57,78)(H2,58,82)(H,61,64)(H,63,85)(H,65,92)(H,66,79)(H,67,88)(H,68,86)(H,69,90)(H,70,87)(H,71,89)(H,72,83)(H,73,84)(H,74,91)(H,80,81)(H4,59,60,62)/t25-,29-,30-,31-,32-,33-,34-,35-,36-,37-,38-,39-/m0/s1. The van der Waals surface area contributed by atoms with Crippen molar-refractivity contribution in [2.24, 2.45) is 33.7 Å². The van der Waals surface area contributed by atoms with Gasteiger partial charge < -0.3 is 112 Å². The zero-order valence-corrected chi connectivity index (χ0v) is 55.5. The molecule has 3 aliphatic rings. The van der Waals surface area contributed by atoms with Gasteiger partial charge in [-0.3, -0.25) is 76.9 Å². The summed E-state index contributed by atoms with van der Waals surface area (Å²) < 4.78 is 0.